The maximum absolute atomic E-state index is 8.36. The van der Waals surface area contributed by atoms with Crippen molar-refractivity contribution in [2.24, 2.45) is 0 Å². The number of carbonyl (C=O) groups is 2. The van der Waals surface area contributed by atoms with Crippen LogP contribution in [0.3, 0.4) is 0 Å². The summed E-state index contributed by atoms with van der Waals surface area (Å²) in [5.74, 6) is 6.56. The number of fused-ring (bicyclic) bond motifs is 4. The zero-order valence-electron chi connectivity index (χ0n) is 59.5. The summed E-state index contributed by atoms with van der Waals surface area (Å²) in [6.07, 6.45) is 12.8. The Balaban J connectivity index is 0.000000203. The molecule has 0 bridgehead atoms. The predicted molar refractivity (Wildman–Crippen MR) is 397 cm³/mol. The lowest BCUT2D eigenvalue weighted by atomic mass is 10.2. The average Bonchev–Trinajstić information content (AvgIpc) is 1.64. The maximum Gasteiger partial charge on any atom is 0.290 e. The first-order chi connectivity index (χ1) is 49.5. The van der Waals surface area contributed by atoms with Crippen LogP contribution in [-0.4, -0.2) is 189 Å². The third-order valence-electron chi connectivity index (χ3n) is 14.1. The quantitative estimate of drug-likeness (QED) is 0.00915. The molecule has 0 unspecified atom stereocenters. The van der Waals surface area contributed by atoms with Gasteiger partial charge in [0.05, 0.1) is 126 Å². The fraction of sp³-hybridized carbons (Fsp3) is 0.303. The number of nitrogens with two attached hydrogens (primary N) is 1. The summed E-state index contributed by atoms with van der Waals surface area (Å²) < 4.78 is 56.8. The van der Waals surface area contributed by atoms with Crippen LogP contribution in [0.25, 0.3) is 43.6 Å². The van der Waals surface area contributed by atoms with Gasteiger partial charge in [-0.15, -0.1) is 0 Å². The van der Waals surface area contributed by atoms with Gasteiger partial charge in [0.15, 0.2) is 0 Å². The van der Waals surface area contributed by atoms with Crippen LogP contribution in [0, 0.1) is 0 Å². The molecule has 0 atom stereocenters. The largest absolute Gasteiger partial charge is 0.495 e. The summed E-state index contributed by atoms with van der Waals surface area (Å²) in [4.78, 5) is 48.6. The van der Waals surface area contributed by atoms with E-state index < -0.39 is 16.1 Å². The van der Waals surface area contributed by atoms with E-state index in [-0.39, 0.29) is 12.9 Å². The molecule has 37 heteroatoms. The van der Waals surface area contributed by atoms with Gasteiger partial charge >= 0.3 is 0 Å². The van der Waals surface area contributed by atoms with Crippen molar-refractivity contribution < 1.29 is 67.2 Å². The molecule has 0 radical (unpaired) electrons. The summed E-state index contributed by atoms with van der Waals surface area (Å²) in [5, 5.41) is 50.3. The number of hydrogen-bond acceptors (Lipinski definition) is 28. The fourth-order valence-electron chi connectivity index (χ4n) is 8.82. The minimum absolute atomic E-state index is 0.250. The Morgan fingerprint density at radius 3 is 1.14 bits per heavy atom. The molecule has 548 valence electrons. The lowest BCUT2D eigenvalue weighted by Gasteiger charge is -2.15. The predicted octanol–water partition coefficient (Wildman–Crippen LogP) is 11.6. The van der Waals surface area contributed by atoms with Crippen molar-refractivity contribution in [2.45, 2.75) is 64.8 Å². The normalized spacial score (nSPS) is 10.6. The molecule has 0 spiro atoms. The summed E-state index contributed by atoms with van der Waals surface area (Å²) in [5.41, 5.74) is 12.6. The number of nitrogen functional groups attached to an aromatic ring is 1. The summed E-state index contributed by atoms with van der Waals surface area (Å²) in [7, 11) is 10.5. The van der Waals surface area contributed by atoms with Gasteiger partial charge in [0.25, 0.3) is 12.9 Å². The SMILES string of the molecule is COc1cc(Cl)ncn1.COc1cc(Nc2cc3cn[nH]c3cc2OC)ncn1.COc1cc(Nc2cc3cn[nH]c3cc2OC)ncn1.COc1cc(Nc2cc3cnn(COCC[Si](C)(C)C)c3cc2OC)ncn1.COc1cc2c(cnn2COCC[Si](C)(C)C)cc1N.O=CO.O=CO. The molecule has 8 heterocycles. The highest BCUT2D eigenvalue weighted by Crippen LogP contribution is 2.35. The Bertz CT molecular complexity index is 4460. The second kappa shape index (κ2) is 40.5. The number of aromatic amines is 2. The number of H-pyrrole nitrogens is 2. The Hall–Kier alpha value is -11.7. The van der Waals surface area contributed by atoms with Crippen LogP contribution in [-0.2, 0) is 32.5 Å². The molecule has 0 aliphatic heterocycles. The van der Waals surface area contributed by atoms with E-state index in [4.69, 9.17) is 84.5 Å². The minimum atomic E-state index is -1.10. The minimum Gasteiger partial charge on any atom is -0.495 e. The Labute approximate surface area is 599 Å². The molecule has 9 N–H and O–H groups in total. The molecule has 0 aliphatic carbocycles. The number of benzene rings is 4. The van der Waals surface area contributed by atoms with Crippen molar-refractivity contribution in [3.8, 4) is 46.5 Å². The third kappa shape index (κ3) is 25.4. The number of methoxy groups -OCH3 is 8. The molecule has 0 amide bonds. The van der Waals surface area contributed by atoms with E-state index in [2.05, 4.69) is 126 Å². The number of halogens is 1. The number of rotatable bonds is 24. The average molecular weight is 1470 g/mol. The monoisotopic (exact) mass is 1470 g/mol. The highest BCUT2D eigenvalue weighted by molar-refractivity contribution is 6.76. The summed E-state index contributed by atoms with van der Waals surface area (Å²) >= 11 is 5.49. The van der Waals surface area contributed by atoms with Gasteiger partial charge < -0.3 is 79.3 Å². The van der Waals surface area contributed by atoms with Crippen molar-refractivity contribution >= 4 is 125 Å². The number of hydrogen-bond donors (Lipinski definition) is 8. The highest BCUT2D eigenvalue weighted by atomic mass is 35.5. The van der Waals surface area contributed by atoms with Crippen molar-refractivity contribution in [1.29, 1.82) is 0 Å². The van der Waals surface area contributed by atoms with E-state index in [0.29, 0.717) is 88.3 Å². The van der Waals surface area contributed by atoms with Gasteiger partial charge in [0, 0.05) is 99.4 Å². The highest BCUT2D eigenvalue weighted by Gasteiger charge is 2.17. The van der Waals surface area contributed by atoms with Gasteiger partial charge in [-0.3, -0.25) is 19.8 Å². The molecule has 12 rings (SSSR count). The first kappa shape index (κ1) is 80.2. The van der Waals surface area contributed by atoms with Crippen molar-refractivity contribution in [1.82, 2.24) is 79.8 Å². The number of ether oxygens (including phenoxy) is 10. The van der Waals surface area contributed by atoms with Crippen molar-refractivity contribution in [3.63, 3.8) is 0 Å². The molecule has 0 fully saturated rings. The van der Waals surface area contributed by atoms with Crippen LogP contribution in [0.2, 0.25) is 56.5 Å². The molecule has 0 aliphatic rings. The topological polar surface area (TPSA) is 425 Å². The number of anilines is 7. The van der Waals surface area contributed by atoms with Gasteiger partial charge in [-0.1, -0.05) is 50.9 Å². The first-order valence-corrected chi connectivity index (χ1v) is 38.9. The Kier molecular flexibility index (Phi) is 31.6. The zero-order valence-corrected chi connectivity index (χ0v) is 62.2. The van der Waals surface area contributed by atoms with Gasteiger partial charge in [-0.05, 0) is 36.4 Å². The van der Waals surface area contributed by atoms with Gasteiger partial charge in [0.1, 0.15) is 84.4 Å². The van der Waals surface area contributed by atoms with E-state index in [9.17, 15) is 0 Å². The van der Waals surface area contributed by atoms with Crippen LogP contribution in [0.4, 0.5) is 40.2 Å². The van der Waals surface area contributed by atoms with Crippen LogP contribution in [0.15, 0.2) is 123 Å². The second-order valence-electron chi connectivity index (χ2n) is 23.6. The van der Waals surface area contributed by atoms with E-state index in [1.54, 1.807) is 92.6 Å². The smallest absolute Gasteiger partial charge is 0.290 e. The van der Waals surface area contributed by atoms with Crippen LogP contribution < -0.4 is 59.6 Å². The van der Waals surface area contributed by atoms with E-state index in [1.165, 1.54) is 32.4 Å². The number of aromatic nitrogens is 16. The number of nitrogens with zero attached hydrogens (tertiary/aromatic N) is 14. The Morgan fingerprint density at radius 2 is 0.786 bits per heavy atom. The Morgan fingerprint density at radius 1 is 0.447 bits per heavy atom. The van der Waals surface area contributed by atoms with Crippen molar-refractivity contribution in [3.05, 3.63) is 128 Å². The van der Waals surface area contributed by atoms with Gasteiger partial charge in [0.2, 0.25) is 23.5 Å². The zero-order chi connectivity index (χ0) is 74.9. The van der Waals surface area contributed by atoms with Gasteiger partial charge in [-0.2, -0.15) is 20.4 Å². The van der Waals surface area contributed by atoms with Gasteiger partial charge in [-0.25, -0.2) is 49.2 Å². The molecular weight excluding hydrogens is 1390 g/mol. The van der Waals surface area contributed by atoms with Crippen LogP contribution in [0.5, 0.6) is 46.5 Å². The molecule has 4 aromatic carbocycles. The molecule has 34 nitrogen and oxygen atoms in total. The molecule has 0 saturated carbocycles. The lowest BCUT2D eigenvalue weighted by molar-refractivity contribution is -0.123. The lowest BCUT2D eigenvalue weighted by Crippen LogP contribution is -2.22. The van der Waals surface area contributed by atoms with Crippen molar-refractivity contribution in [2.75, 3.05) is 91.8 Å². The van der Waals surface area contributed by atoms with E-state index >= 15 is 0 Å². The molecule has 12 aromatic rings. The number of carboxylic acid groups (broad SMARTS) is 2. The third-order valence-corrected chi connectivity index (χ3v) is 17.7. The molecule has 8 aromatic heterocycles. The number of nitrogens with one attached hydrogen (secondary N) is 5. The molecule has 0 saturated heterocycles. The summed E-state index contributed by atoms with van der Waals surface area (Å²) in [6.45, 7) is 16.0. The first-order valence-electron chi connectivity index (χ1n) is 31.1. The van der Waals surface area contributed by atoms with Crippen LogP contribution in [0.1, 0.15) is 0 Å². The second-order valence-corrected chi connectivity index (χ2v) is 35.2. The fourth-order valence-corrected chi connectivity index (χ4v) is 10.5. The standard InChI is InChI=1S/C19H27N5O3Si.C14H23N3O2Si.2C13H13N5O2.C5H5ClN2O.2CH2O2/c1-25-17-9-16-14(11-22-24(16)13-27-6-7-28(3,4)5)8-15(17)23-18-10-19(26-2)21-12-20-18;1-18-14-8-13-11(7-12(14)15)9-16-17(13)10-19-5-6-20(2,3)4;2*1-19-11-4-9-8(6-16-18-9)3-10(11)17-12-5-13(20-2)15-7-14-12;1-9-5-2-4(6)7-3-8-5;2*2-1-3/h8-12H,6-7,13H2,1-5H3,(H,20,21,23);7-9H,5-6,10,15H2,1-4H3;2*3-7H,1-2H3,(H,16,18)(H,14,15,17);2-3H,1H3;2*1H,(H,2,3). The van der Waals surface area contributed by atoms with E-state index in [1.807, 2.05) is 64.1 Å². The maximum atomic E-state index is 8.36. The molecular formula is C66H85ClN20O14Si2. The van der Waals surface area contributed by atoms with Crippen LogP contribution >= 0.6 is 11.6 Å². The summed E-state index contributed by atoms with van der Waals surface area (Å²) in [6, 6.07) is 24.3. The molecule has 103 heavy (non-hydrogen) atoms. The van der Waals surface area contributed by atoms with E-state index in [0.717, 1.165) is 86.0 Å².